The molecule has 0 saturated carbocycles. The number of rotatable bonds is 6. The van der Waals surface area contributed by atoms with Crippen LogP contribution in [-0.4, -0.2) is 40.7 Å². The number of allylic oxidation sites excluding steroid dienone is 4. The number of benzene rings is 1. The van der Waals surface area contributed by atoms with Gasteiger partial charge in [0.2, 0.25) is 0 Å². The van der Waals surface area contributed by atoms with Gasteiger partial charge in [0.25, 0.3) is 0 Å². The number of aliphatic carboxylic acids is 1. The van der Waals surface area contributed by atoms with E-state index in [0.29, 0.717) is 62.0 Å². The first-order chi connectivity index (χ1) is 15.3. The smallest absolute Gasteiger partial charge is 0.323 e. The van der Waals surface area contributed by atoms with E-state index in [-0.39, 0.29) is 18.1 Å². The highest BCUT2D eigenvalue weighted by atomic mass is 79.9. The van der Waals surface area contributed by atoms with Gasteiger partial charge in [-0.3, -0.25) is 14.4 Å². The number of nitrogens with zero attached hydrogens (tertiary/aromatic N) is 1. The van der Waals surface area contributed by atoms with E-state index in [2.05, 4.69) is 31.9 Å². The number of carbonyl (C=O) groups is 3. The molecule has 0 fully saturated rings. The third-order valence-corrected chi connectivity index (χ3v) is 7.23. The van der Waals surface area contributed by atoms with Crippen molar-refractivity contribution in [2.75, 3.05) is 13.2 Å². The quantitative estimate of drug-likeness (QED) is 0.489. The molecule has 1 aromatic rings. The summed E-state index contributed by atoms with van der Waals surface area (Å²) in [6.45, 7) is 2.28. The van der Waals surface area contributed by atoms with E-state index in [1.165, 1.54) is 0 Å². The molecular weight excluding hydrogens is 542 g/mol. The summed E-state index contributed by atoms with van der Waals surface area (Å²) in [6.07, 6.45) is 4.21. The van der Waals surface area contributed by atoms with E-state index in [4.69, 9.17) is 4.74 Å². The van der Waals surface area contributed by atoms with Gasteiger partial charge in [-0.25, -0.2) is 0 Å². The molecule has 0 unspecified atom stereocenters. The first kappa shape index (κ1) is 23.2. The number of ketones is 2. The summed E-state index contributed by atoms with van der Waals surface area (Å²) < 4.78 is 7.66. The topological polar surface area (TPSA) is 83.9 Å². The zero-order valence-electron chi connectivity index (χ0n) is 17.9. The van der Waals surface area contributed by atoms with Gasteiger partial charge in [-0.1, -0.05) is 22.9 Å². The van der Waals surface area contributed by atoms with Crippen LogP contribution in [0.5, 0.6) is 5.75 Å². The second-order valence-electron chi connectivity index (χ2n) is 8.34. The molecule has 1 aliphatic heterocycles. The van der Waals surface area contributed by atoms with Gasteiger partial charge < -0.3 is 14.7 Å². The minimum absolute atomic E-state index is 0.0194. The molecule has 1 N–H and O–H groups in total. The summed E-state index contributed by atoms with van der Waals surface area (Å²) in [5.74, 6) is -0.938. The van der Waals surface area contributed by atoms with Crippen molar-refractivity contribution in [2.24, 2.45) is 0 Å². The van der Waals surface area contributed by atoms with E-state index in [1.54, 1.807) is 4.90 Å². The Hall–Kier alpha value is -1.93. The van der Waals surface area contributed by atoms with Crippen LogP contribution in [0.4, 0.5) is 0 Å². The molecule has 0 radical (unpaired) electrons. The Morgan fingerprint density at radius 1 is 1.06 bits per heavy atom. The Morgan fingerprint density at radius 3 is 2.19 bits per heavy atom. The van der Waals surface area contributed by atoms with Crippen LogP contribution >= 0.6 is 31.9 Å². The first-order valence-electron chi connectivity index (χ1n) is 11.0. The van der Waals surface area contributed by atoms with Crippen molar-refractivity contribution < 1.29 is 24.2 Å². The lowest BCUT2D eigenvalue weighted by molar-refractivity contribution is -0.138. The van der Waals surface area contributed by atoms with Crippen molar-refractivity contribution in [2.45, 2.75) is 57.8 Å². The molecule has 0 saturated heterocycles. The summed E-state index contributed by atoms with van der Waals surface area (Å²) in [6, 6.07) is 3.82. The van der Waals surface area contributed by atoms with Crippen molar-refractivity contribution >= 4 is 49.4 Å². The Kier molecular flexibility index (Phi) is 6.91. The van der Waals surface area contributed by atoms with Crippen molar-refractivity contribution in [3.8, 4) is 5.75 Å². The van der Waals surface area contributed by atoms with E-state index in [1.807, 2.05) is 19.1 Å². The van der Waals surface area contributed by atoms with Crippen molar-refractivity contribution in [1.29, 1.82) is 0 Å². The Bertz CT molecular complexity index is 1010. The normalized spacial score (nSPS) is 19.3. The number of hydrogen-bond acceptors (Lipinski definition) is 5. The van der Waals surface area contributed by atoms with Crippen molar-refractivity contribution in [3.63, 3.8) is 0 Å². The Morgan fingerprint density at radius 2 is 1.66 bits per heavy atom. The predicted octanol–water partition coefficient (Wildman–Crippen LogP) is 5.50. The van der Waals surface area contributed by atoms with Gasteiger partial charge in [0.1, 0.15) is 12.3 Å². The van der Waals surface area contributed by atoms with Crippen LogP contribution in [0.15, 0.2) is 43.6 Å². The second kappa shape index (κ2) is 9.51. The van der Waals surface area contributed by atoms with Gasteiger partial charge in [0.15, 0.2) is 11.6 Å². The molecular formula is C24H25Br2NO5. The number of Topliss-reactive ketones (excluding diaryl/α,β-unsaturated/α-hetero) is 2. The molecule has 0 aromatic heterocycles. The average molecular weight is 567 g/mol. The summed E-state index contributed by atoms with van der Waals surface area (Å²) in [4.78, 5) is 40.0. The van der Waals surface area contributed by atoms with Gasteiger partial charge in [0.05, 0.1) is 11.1 Å². The minimum Gasteiger partial charge on any atom is -0.492 e. The van der Waals surface area contributed by atoms with Crippen LogP contribution in [0.25, 0.3) is 0 Å². The fourth-order valence-corrected chi connectivity index (χ4v) is 6.38. The molecule has 6 nitrogen and oxygen atoms in total. The molecule has 170 valence electrons. The number of carboxylic acid groups (broad SMARTS) is 1. The summed E-state index contributed by atoms with van der Waals surface area (Å²) in [7, 11) is 0. The summed E-state index contributed by atoms with van der Waals surface area (Å²) >= 11 is 7.16. The number of halogens is 2. The highest BCUT2D eigenvalue weighted by molar-refractivity contribution is 9.11. The number of hydrogen-bond donors (Lipinski definition) is 1. The molecule has 1 aromatic carbocycles. The van der Waals surface area contributed by atoms with E-state index < -0.39 is 11.9 Å². The fraction of sp³-hybridized carbons (Fsp3) is 0.458. The van der Waals surface area contributed by atoms with E-state index in [0.717, 1.165) is 32.3 Å². The molecule has 2 aliphatic carbocycles. The van der Waals surface area contributed by atoms with Crippen LogP contribution in [0.3, 0.4) is 0 Å². The third kappa shape index (κ3) is 4.19. The van der Waals surface area contributed by atoms with Crippen LogP contribution < -0.4 is 4.74 Å². The van der Waals surface area contributed by atoms with Crippen molar-refractivity contribution in [3.05, 3.63) is 49.2 Å². The minimum atomic E-state index is -0.977. The van der Waals surface area contributed by atoms with Gasteiger partial charge in [-0.05, 0) is 60.2 Å². The average Bonchev–Trinajstić information content (AvgIpc) is 2.73. The lowest BCUT2D eigenvalue weighted by Gasteiger charge is -2.43. The molecule has 4 rings (SSSR count). The fourth-order valence-electron chi connectivity index (χ4n) is 5.00. The highest BCUT2D eigenvalue weighted by Gasteiger charge is 2.44. The molecule has 3 aliphatic rings. The van der Waals surface area contributed by atoms with Gasteiger partial charge >= 0.3 is 5.97 Å². The lowest BCUT2D eigenvalue weighted by atomic mass is 9.70. The second-order valence-corrected chi connectivity index (χ2v) is 10.1. The number of carboxylic acids is 1. The molecule has 8 heteroatoms. The predicted molar refractivity (Wildman–Crippen MR) is 126 cm³/mol. The maximum absolute atomic E-state index is 13.3. The molecule has 32 heavy (non-hydrogen) atoms. The molecule has 0 atom stereocenters. The maximum atomic E-state index is 13.3. The van der Waals surface area contributed by atoms with E-state index >= 15 is 0 Å². The lowest BCUT2D eigenvalue weighted by Crippen LogP contribution is -2.41. The largest absolute Gasteiger partial charge is 0.492 e. The highest BCUT2D eigenvalue weighted by Crippen LogP contribution is 2.52. The number of ether oxygens (including phenoxy) is 1. The Labute approximate surface area is 203 Å². The summed E-state index contributed by atoms with van der Waals surface area (Å²) in [5, 5.41) is 9.59. The van der Waals surface area contributed by atoms with Crippen LogP contribution in [0.2, 0.25) is 0 Å². The van der Waals surface area contributed by atoms with E-state index in [9.17, 15) is 19.5 Å². The zero-order chi connectivity index (χ0) is 23.0. The van der Waals surface area contributed by atoms with Gasteiger partial charge in [-0.15, -0.1) is 0 Å². The first-order valence-corrected chi connectivity index (χ1v) is 12.6. The molecule has 0 spiro atoms. The molecule has 0 bridgehead atoms. The SMILES string of the molecule is CCCOc1c(Br)cc(Br)cc1C1C2=C(CCCC2=O)N(CC(=O)O)C2=C1C(=O)CCC2. The van der Waals surface area contributed by atoms with Gasteiger partial charge in [-0.2, -0.15) is 0 Å². The zero-order valence-corrected chi connectivity index (χ0v) is 21.1. The van der Waals surface area contributed by atoms with Crippen molar-refractivity contribution in [1.82, 2.24) is 4.90 Å². The van der Waals surface area contributed by atoms with Crippen LogP contribution in [0, 0.1) is 0 Å². The Balaban J connectivity index is 2.00. The standard InChI is InChI=1S/C24H25Br2NO5/c1-2-9-32-24-14(10-13(25)11-15(24)26)21-22-16(5-3-7-18(22)28)27(12-20(30)31)17-6-4-8-19(29)23(17)21/h10-11,21H,2-9,12H2,1H3,(H,30,31). The monoisotopic (exact) mass is 565 g/mol. The summed E-state index contributed by atoms with van der Waals surface area (Å²) in [5.41, 5.74) is 3.37. The third-order valence-electron chi connectivity index (χ3n) is 6.18. The van der Waals surface area contributed by atoms with Crippen LogP contribution in [-0.2, 0) is 14.4 Å². The van der Waals surface area contributed by atoms with Gasteiger partial charge in [0, 0.05) is 51.3 Å². The molecule has 1 heterocycles. The van der Waals surface area contributed by atoms with Crippen LogP contribution in [0.1, 0.15) is 63.4 Å². The maximum Gasteiger partial charge on any atom is 0.323 e. The molecule has 0 amide bonds. The number of carbonyl (C=O) groups excluding carboxylic acids is 2.